The van der Waals surface area contributed by atoms with E-state index in [9.17, 15) is 5.11 Å². The van der Waals surface area contributed by atoms with Crippen molar-refractivity contribution in [3.63, 3.8) is 0 Å². The van der Waals surface area contributed by atoms with Gasteiger partial charge in [-0.2, -0.15) is 0 Å². The fraction of sp³-hybridized carbons (Fsp3) is 0.538. The summed E-state index contributed by atoms with van der Waals surface area (Å²) in [5.41, 5.74) is 7.67. The zero-order valence-electron chi connectivity index (χ0n) is 9.66. The van der Waals surface area contributed by atoms with E-state index in [1.54, 1.807) is 6.07 Å². The van der Waals surface area contributed by atoms with Crippen LogP contribution in [0.1, 0.15) is 37.8 Å². The minimum atomic E-state index is 0.310. The van der Waals surface area contributed by atoms with Crippen LogP contribution in [0.5, 0.6) is 5.75 Å². The van der Waals surface area contributed by atoms with Crippen LogP contribution in [0.15, 0.2) is 18.2 Å². The minimum absolute atomic E-state index is 0.310. The van der Waals surface area contributed by atoms with Crippen LogP contribution in [-0.2, 0) is 13.0 Å². The van der Waals surface area contributed by atoms with E-state index in [4.69, 9.17) is 5.73 Å². The highest BCUT2D eigenvalue weighted by Gasteiger charge is 2.05. The van der Waals surface area contributed by atoms with Gasteiger partial charge in [-0.1, -0.05) is 38.8 Å². The summed E-state index contributed by atoms with van der Waals surface area (Å²) in [6.07, 6.45) is 3.54. The van der Waals surface area contributed by atoms with Crippen LogP contribution in [-0.4, -0.2) is 5.11 Å². The molecule has 3 N–H and O–H groups in total. The molecule has 1 rings (SSSR count). The Balaban J connectivity index is 2.69. The van der Waals surface area contributed by atoms with Gasteiger partial charge in [0.2, 0.25) is 0 Å². The number of aromatic hydroxyl groups is 1. The first-order valence-corrected chi connectivity index (χ1v) is 5.68. The van der Waals surface area contributed by atoms with Crippen LogP contribution >= 0.6 is 0 Å². The van der Waals surface area contributed by atoms with E-state index in [1.807, 2.05) is 12.1 Å². The Morgan fingerprint density at radius 1 is 1.40 bits per heavy atom. The van der Waals surface area contributed by atoms with Crippen LogP contribution in [0.2, 0.25) is 0 Å². The molecule has 0 saturated heterocycles. The predicted octanol–water partition coefficient (Wildman–Crippen LogP) is 2.83. The van der Waals surface area contributed by atoms with Gasteiger partial charge in [0.15, 0.2) is 0 Å². The van der Waals surface area contributed by atoms with Gasteiger partial charge < -0.3 is 10.8 Å². The fourth-order valence-corrected chi connectivity index (χ4v) is 1.93. The van der Waals surface area contributed by atoms with Gasteiger partial charge in [-0.05, 0) is 24.0 Å². The van der Waals surface area contributed by atoms with Gasteiger partial charge in [0.1, 0.15) is 5.75 Å². The highest BCUT2D eigenvalue weighted by molar-refractivity contribution is 5.36. The topological polar surface area (TPSA) is 46.2 Å². The smallest absolute Gasteiger partial charge is 0.120 e. The first-order chi connectivity index (χ1) is 7.17. The number of hydrogen-bond donors (Lipinski definition) is 2. The summed E-state index contributed by atoms with van der Waals surface area (Å²) >= 11 is 0. The molecule has 2 heteroatoms. The molecule has 2 nitrogen and oxygen atoms in total. The molecule has 1 unspecified atom stereocenters. The first-order valence-electron chi connectivity index (χ1n) is 5.68. The maximum atomic E-state index is 9.49. The van der Waals surface area contributed by atoms with Crippen molar-refractivity contribution in [3.8, 4) is 5.75 Å². The lowest BCUT2D eigenvalue weighted by atomic mass is 9.96. The molecule has 1 aromatic rings. The maximum Gasteiger partial charge on any atom is 0.120 e. The number of rotatable bonds is 5. The van der Waals surface area contributed by atoms with E-state index >= 15 is 0 Å². The monoisotopic (exact) mass is 207 g/mol. The lowest BCUT2D eigenvalue weighted by Crippen LogP contribution is -2.02. The van der Waals surface area contributed by atoms with E-state index in [-0.39, 0.29) is 0 Å². The molecule has 0 aliphatic rings. The lowest BCUT2D eigenvalue weighted by Gasteiger charge is -2.11. The number of hydrogen-bond acceptors (Lipinski definition) is 2. The first kappa shape index (κ1) is 12.1. The quantitative estimate of drug-likeness (QED) is 0.780. The van der Waals surface area contributed by atoms with Crippen molar-refractivity contribution < 1.29 is 5.11 Å². The number of phenolic OH excluding ortho intramolecular Hbond substituents is 1. The Labute approximate surface area is 92.1 Å². The fourth-order valence-electron chi connectivity index (χ4n) is 1.93. The number of benzene rings is 1. The van der Waals surface area contributed by atoms with Gasteiger partial charge in [0.05, 0.1) is 0 Å². The standard InChI is InChI=1S/C13H21NO/c1-3-4-10(2)7-11-5-6-13(15)12(8-11)9-14/h5-6,8,10,15H,3-4,7,9,14H2,1-2H3. The van der Waals surface area contributed by atoms with Crippen molar-refractivity contribution in [2.24, 2.45) is 11.7 Å². The van der Waals surface area contributed by atoms with Gasteiger partial charge in [-0.25, -0.2) is 0 Å². The minimum Gasteiger partial charge on any atom is -0.508 e. The molecule has 0 fully saturated rings. The summed E-state index contributed by atoms with van der Waals surface area (Å²) in [5, 5.41) is 9.49. The van der Waals surface area contributed by atoms with Crippen molar-refractivity contribution in [2.75, 3.05) is 0 Å². The van der Waals surface area contributed by atoms with Crippen LogP contribution in [0.4, 0.5) is 0 Å². The van der Waals surface area contributed by atoms with Gasteiger partial charge >= 0.3 is 0 Å². The molecule has 0 spiro atoms. The summed E-state index contributed by atoms with van der Waals surface area (Å²) in [5.74, 6) is 1.01. The van der Waals surface area contributed by atoms with Crippen molar-refractivity contribution in [1.29, 1.82) is 0 Å². The van der Waals surface area contributed by atoms with E-state index in [0.717, 1.165) is 12.0 Å². The summed E-state index contributed by atoms with van der Waals surface area (Å²) in [4.78, 5) is 0. The lowest BCUT2D eigenvalue weighted by molar-refractivity contribution is 0.467. The molecular formula is C13H21NO. The van der Waals surface area contributed by atoms with Crippen LogP contribution < -0.4 is 5.73 Å². The van der Waals surface area contributed by atoms with Crippen molar-refractivity contribution in [1.82, 2.24) is 0 Å². The zero-order valence-corrected chi connectivity index (χ0v) is 9.66. The predicted molar refractivity (Wildman–Crippen MR) is 63.8 cm³/mol. The average Bonchev–Trinajstić information content (AvgIpc) is 2.21. The van der Waals surface area contributed by atoms with Crippen molar-refractivity contribution in [2.45, 2.75) is 39.7 Å². The molecule has 15 heavy (non-hydrogen) atoms. The second-order valence-corrected chi connectivity index (χ2v) is 4.27. The van der Waals surface area contributed by atoms with Gasteiger partial charge in [0, 0.05) is 12.1 Å². The Hall–Kier alpha value is -1.02. The van der Waals surface area contributed by atoms with Crippen LogP contribution in [0.3, 0.4) is 0 Å². The summed E-state index contributed by atoms with van der Waals surface area (Å²) in [7, 11) is 0. The van der Waals surface area contributed by atoms with Crippen molar-refractivity contribution >= 4 is 0 Å². The largest absolute Gasteiger partial charge is 0.508 e. The van der Waals surface area contributed by atoms with Crippen molar-refractivity contribution in [3.05, 3.63) is 29.3 Å². The maximum absolute atomic E-state index is 9.49. The molecule has 0 amide bonds. The highest BCUT2D eigenvalue weighted by Crippen LogP contribution is 2.20. The van der Waals surface area contributed by atoms with Crippen LogP contribution in [0.25, 0.3) is 0 Å². The number of nitrogens with two attached hydrogens (primary N) is 1. The van der Waals surface area contributed by atoms with Gasteiger partial charge in [0.25, 0.3) is 0 Å². The second kappa shape index (κ2) is 5.76. The Bertz CT molecular complexity index is 309. The van der Waals surface area contributed by atoms with E-state index in [0.29, 0.717) is 18.2 Å². The Morgan fingerprint density at radius 3 is 2.73 bits per heavy atom. The SMILES string of the molecule is CCCC(C)Cc1ccc(O)c(CN)c1. The van der Waals surface area contributed by atoms with Gasteiger partial charge in [-0.15, -0.1) is 0 Å². The third-order valence-corrected chi connectivity index (χ3v) is 2.73. The molecule has 0 heterocycles. The molecule has 1 aromatic carbocycles. The van der Waals surface area contributed by atoms with E-state index < -0.39 is 0 Å². The molecule has 0 radical (unpaired) electrons. The van der Waals surface area contributed by atoms with Crippen LogP contribution in [0, 0.1) is 5.92 Å². The molecular weight excluding hydrogens is 186 g/mol. The molecule has 0 aliphatic heterocycles. The molecule has 84 valence electrons. The molecule has 0 aliphatic carbocycles. The molecule has 0 aromatic heterocycles. The third kappa shape index (κ3) is 3.56. The van der Waals surface area contributed by atoms with E-state index in [2.05, 4.69) is 13.8 Å². The number of phenols is 1. The zero-order chi connectivity index (χ0) is 11.3. The third-order valence-electron chi connectivity index (χ3n) is 2.73. The van der Waals surface area contributed by atoms with E-state index in [1.165, 1.54) is 18.4 Å². The molecule has 1 atom stereocenters. The molecule has 0 saturated carbocycles. The highest BCUT2D eigenvalue weighted by atomic mass is 16.3. The average molecular weight is 207 g/mol. The van der Waals surface area contributed by atoms with Gasteiger partial charge in [-0.3, -0.25) is 0 Å². The molecule has 0 bridgehead atoms. The summed E-state index contributed by atoms with van der Waals surface area (Å²) in [6.45, 7) is 4.87. The normalized spacial score (nSPS) is 12.7. The Kier molecular flexibility index (Phi) is 4.63. The summed E-state index contributed by atoms with van der Waals surface area (Å²) < 4.78 is 0. The summed E-state index contributed by atoms with van der Waals surface area (Å²) in [6, 6.07) is 5.75. The second-order valence-electron chi connectivity index (χ2n) is 4.27. The Morgan fingerprint density at radius 2 is 2.13 bits per heavy atom.